The number of anilines is 1. The second kappa shape index (κ2) is 8.51. The predicted octanol–water partition coefficient (Wildman–Crippen LogP) is 5.86. The van der Waals surface area contributed by atoms with E-state index in [-0.39, 0.29) is 18.1 Å². The van der Waals surface area contributed by atoms with E-state index in [1.54, 1.807) is 31.2 Å². The van der Waals surface area contributed by atoms with E-state index in [9.17, 15) is 9.18 Å². The number of para-hydroxylation sites is 2. The van der Waals surface area contributed by atoms with Gasteiger partial charge >= 0.3 is 0 Å². The van der Waals surface area contributed by atoms with E-state index in [0.29, 0.717) is 33.3 Å². The van der Waals surface area contributed by atoms with E-state index in [2.05, 4.69) is 5.10 Å². The van der Waals surface area contributed by atoms with Gasteiger partial charge in [-0.25, -0.2) is 4.39 Å². The lowest BCUT2D eigenvalue weighted by atomic mass is 10.1. The molecule has 0 spiro atoms. The van der Waals surface area contributed by atoms with Gasteiger partial charge in [-0.1, -0.05) is 54.1 Å². The fraction of sp³-hybridized carbons (Fsp3) is 0.0833. The van der Waals surface area contributed by atoms with E-state index in [1.807, 2.05) is 48.5 Å². The highest BCUT2D eigenvalue weighted by Gasteiger charge is 2.28. The molecule has 1 amide bonds. The van der Waals surface area contributed by atoms with Crippen molar-refractivity contribution in [2.45, 2.75) is 13.5 Å². The lowest BCUT2D eigenvalue weighted by Gasteiger charge is -2.12. The molecule has 0 unspecified atom stereocenters. The minimum absolute atomic E-state index is 0.0249. The second-order valence-electron chi connectivity index (χ2n) is 6.72. The summed E-state index contributed by atoms with van der Waals surface area (Å²) >= 11 is 6.09. The number of hydrogen-bond acceptors (Lipinski definition) is 3. The number of carbonyl (C=O) groups excluding carboxylic acids is 1. The van der Waals surface area contributed by atoms with Crippen molar-refractivity contribution in [3.05, 3.63) is 100 Å². The molecule has 3 aromatic carbocycles. The van der Waals surface area contributed by atoms with E-state index >= 15 is 0 Å². The quantitative estimate of drug-likeness (QED) is 0.485. The molecule has 0 saturated heterocycles. The summed E-state index contributed by atoms with van der Waals surface area (Å²) in [5.74, 6) is -0.125. The van der Waals surface area contributed by atoms with Gasteiger partial charge in [0.1, 0.15) is 18.2 Å². The van der Waals surface area contributed by atoms with Crippen LogP contribution in [0.25, 0.3) is 6.08 Å². The van der Waals surface area contributed by atoms with Gasteiger partial charge in [-0.3, -0.25) is 4.79 Å². The number of hydrogen-bond donors (Lipinski definition) is 0. The average molecular weight is 421 g/mol. The maximum atomic E-state index is 14.0. The summed E-state index contributed by atoms with van der Waals surface area (Å²) < 4.78 is 19.9. The largest absolute Gasteiger partial charge is 0.488 e. The minimum Gasteiger partial charge on any atom is -0.488 e. The second-order valence-corrected chi connectivity index (χ2v) is 7.13. The number of carbonyl (C=O) groups is 1. The van der Waals surface area contributed by atoms with Gasteiger partial charge < -0.3 is 4.74 Å². The van der Waals surface area contributed by atoms with Gasteiger partial charge in [0.15, 0.2) is 0 Å². The standard InChI is InChI=1S/C24H18ClFN2O2/c1-16-19(24(29)28(27-16)18-9-3-2-4-10-18)14-17-8-5-6-13-23(17)30-15-20-21(25)11-7-12-22(20)26/h2-14H,15H2,1H3/b19-14+. The first-order valence-corrected chi connectivity index (χ1v) is 9.74. The third kappa shape index (κ3) is 3.98. The summed E-state index contributed by atoms with van der Waals surface area (Å²) in [5.41, 5.74) is 2.75. The molecule has 0 aromatic heterocycles. The van der Waals surface area contributed by atoms with Crippen molar-refractivity contribution in [3.63, 3.8) is 0 Å². The molecule has 1 heterocycles. The highest BCUT2D eigenvalue weighted by Crippen LogP contribution is 2.29. The Morgan fingerprint density at radius 3 is 2.53 bits per heavy atom. The van der Waals surface area contributed by atoms with Crippen LogP contribution in [0.15, 0.2) is 83.5 Å². The Kier molecular flexibility index (Phi) is 5.63. The van der Waals surface area contributed by atoms with Gasteiger partial charge in [0, 0.05) is 11.1 Å². The van der Waals surface area contributed by atoms with Crippen molar-refractivity contribution < 1.29 is 13.9 Å². The molecule has 0 atom stereocenters. The predicted molar refractivity (Wildman–Crippen MR) is 117 cm³/mol. The van der Waals surface area contributed by atoms with Crippen molar-refractivity contribution in [2.24, 2.45) is 5.10 Å². The molecule has 6 heteroatoms. The topological polar surface area (TPSA) is 41.9 Å². The highest BCUT2D eigenvalue weighted by atomic mass is 35.5. The van der Waals surface area contributed by atoms with E-state index in [4.69, 9.17) is 16.3 Å². The molecule has 0 saturated carbocycles. The van der Waals surface area contributed by atoms with Crippen LogP contribution in [0, 0.1) is 5.82 Å². The SMILES string of the molecule is CC1=NN(c2ccccc2)C(=O)/C1=C/c1ccccc1OCc1c(F)cccc1Cl. The number of ether oxygens (including phenoxy) is 1. The van der Waals surface area contributed by atoms with Crippen LogP contribution in [0.4, 0.5) is 10.1 Å². The highest BCUT2D eigenvalue weighted by molar-refractivity contribution is 6.32. The van der Waals surface area contributed by atoms with Crippen LogP contribution >= 0.6 is 11.6 Å². The molecule has 150 valence electrons. The molecule has 3 aromatic rings. The first-order valence-electron chi connectivity index (χ1n) is 9.36. The van der Waals surface area contributed by atoms with Crippen molar-refractivity contribution in [2.75, 3.05) is 5.01 Å². The number of rotatable bonds is 5. The minimum atomic E-state index is -0.425. The van der Waals surface area contributed by atoms with E-state index < -0.39 is 5.82 Å². The van der Waals surface area contributed by atoms with Crippen LogP contribution in [0.1, 0.15) is 18.1 Å². The summed E-state index contributed by atoms with van der Waals surface area (Å²) in [4.78, 5) is 12.9. The number of halogens is 2. The van der Waals surface area contributed by atoms with Gasteiger partial charge in [0.2, 0.25) is 0 Å². The van der Waals surface area contributed by atoms with Gasteiger partial charge in [0.25, 0.3) is 5.91 Å². The van der Waals surface area contributed by atoms with Crippen molar-refractivity contribution in [3.8, 4) is 5.75 Å². The average Bonchev–Trinajstić information content (AvgIpc) is 3.03. The molecule has 0 bridgehead atoms. The van der Waals surface area contributed by atoms with Gasteiger partial charge in [-0.05, 0) is 43.3 Å². The molecule has 0 N–H and O–H groups in total. The van der Waals surface area contributed by atoms with Crippen LogP contribution in [0.3, 0.4) is 0 Å². The number of benzene rings is 3. The lowest BCUT2D eigenvalue weighted by Crippen LogP contribution is -2.21. The Bertz CT molecular complexity index is 1140. The molecule has 1 aliphatic rings. The zero-order chi connectivity index (χ0) is 21.1. The smallest absolute Gasteiger partial charge is 0.280 e. The Balaban J connectivity index is 1.61. The van der Waals surface area contributed by atoms with Crippen LogP contribution < -0.4 is 9.75 Å². The monoisotopic (exact) mass is 420 g/mol. The van der Waals surface area contributed by atoms with Crippen LogP contribution in [0.5, 0.6) is 5.75 Å². The normalized spacial score (nSPS) is 14.9. The van der Waals surface area contributed by atoms with Gasteiger partial charge in [-0.15, -0.1) is 0 Å². The molecular weight excluding hydrogens is 403 g/mol. The lowest BCUT2D eigenvalue weighted by molar-refractivity contribution is -0.114. The molecule has 0 aliphatic carbocycles. The summed E-state index contributed by atoms with van der Waals surface area (Å²) in [5, 5.41) is 6.07. The third-order valence-electron chi connectivity index (χ3n) is 4.72. The Labute approximate surface area is 178 Å². The van der Waals surface area contributed by atoms with Crippen molar-refractivity contribution in [1.29, 1.82) is 0 Å². The molecule has 30 heavy (non-hydrogen) atoms. The third-order valence-corrected chi connectivity index (χ3v) is 5.07. The summed E-state index contributed by atoms with van der Waals surface area (Å²) in [6.45, 7) is 1.76. The maximum absolute atomic E-state index is 14.0. The first-order chi connectivity index (χ1) is 14.5. The van der Waals surface area contributed by atoms with Gasteiger partial charge in [0.05, 0.1) is 22.0 Å². The molecule has 0 radical (unpaired) electrons. The first kappa shape index (κ1) is 19.9. The van der Waals surface area contributed by atoms with Crippen molar-refractivity contribution >= 4 is 35.0 Å². The number of nitrogens with zero attached hydrogens (tertiary/aromatic N) is 2. The Hall–Kier alpha value is -3.44. The summed E-state index contributed by atoms with van der Waals surface area (Å²) in [7, 11) is 0. The van der Waals surface area contributed by atoms with Crippen LogP contribution in [0.2, 0.25) is 5.02 Å². The summed E-state index contributed by atoms with van der Waals surface area (Å²) in [6, 6.07) is 21.0. The zero-order valence-corrected chi connectivity index (χ0v) is 16.9. The molecular formula is C24H18ClFN2O2. The zero-order valence-electron chi connectivity index (χ0n) is 16.2. The fourth-order valence-electron chi connectivity index (χ4n) is 3.14. The van der Waals surface area contributed by atoms with Crippen LogP contribution in [-0.2, 0) is 11.4 Å². The molecule has 1 aliphatic heterocycles. The Morgan fingerprint density at radius 2 is 1.77 bits per heavy atom. The maximum Gasteiger partial charge on any atom is 0.280 e. The van der Waals surface area contributed by atoms with Crippen molar-refractivity contribution in [1.82, 2.24) is 0 Å². The Morgan fingerprint density at radius 1 is 1.03 bits per heavy atom. The molecule has 4 rings (SSSR count). The number of amides is 1. The van der Waals surface area contributed by atoms with E-state index in [1.165, 1.54) is 11.1 Å². The van der Waals surface area contributed by atoms with E-state index in [0.717, 1.165) is 0 Å². The van der Waals surface area contributed by atoms with Gasteiger partial charge in [-0.2, -0.15) is 10.1 Å². The number of hydrazone groups is 1. The van der Waals surface area contributed by atoms with Crippen LogP contribution in [-0.4, -0.2) is 11.6 Å². The fourth-order valence-corrected chi connectivity index (χ4v) is 3.35. The molecule has 4 nitrogen and oxygen atoms in total. The summed E-state index contributed by atoms with van der Waals surface area (Å²) in [6.07, 6.45) is 1.74. The molecule has 0 fully saturated rings.